The first-order valence-corrected chi connectivity index (χ1v) is 4.65. The second-order valence-electron chi connectivity index (χ2n) is 4.51. The van der Waals surface area contributed by atoms with E-state index in [2.05, 4.69) is 11.7 Å². The molecule has 2 spiro atoms. The lowest BCUT2D eigenvalue weighted by Crippen LogP contribution is -2.17. The third kappa shape index (κ3) is 0.473. The Bertz CT molecular complexity index is 301. The largest absolute Gasteiger partial charge is 0.411 e. The molecule has 1 atom stereocenters. The first-order valence-electron chi connectivity index (χ1n) is 4.65. The topological polar surface area (TPSA) is 32.6 Å². The van der Waals surface area contributed by atoms with Crippen molar-refractivity contribution in [3.63, 3.8) is 0 Å². The molecule has 3 fully saturated rings. The van der Waals surface area contributed by atoms with Gasteiger partial charge in [0.05, 0.1) is 5.71 Å². The van der Waals surface area contributed by atoms with E-state index in [0.717, 1.165) is 18.6 Å². The number of rotatable bonds is 0. The summed E-state index contributed by atoms with van der Waals surface area (Å²) in [6.45, 7) is 4.04. The number of hydrogen-bond acceptors (Lipinski definition) is 2. The van der Waals surface area contributed by atoms with Gasteiger partial charge in [-0.05, 0) is 37.5 Å². The minimum Gasteiger partial charge on any atom is -0.411 e. The molecular formula is C10H13NO. The zero-order chi connectivity index (χ0) is 8.40. The molecular weight excluding hydrogens is 150 g/mol. The Labute approximate surface area is 72.0 Å². The maximum Gasteiger partial charge on any atom is 0.0681 e. The van der Waals surface area contributed by atoms with Crippen molar-refractivity contribution >= 4 is 5.71 Å². The summed E-state index contributed by atoms with van der Waals surface area (Å²) >= 11 is 0. The first kappa shape index (κ1) is 6.70. The molecule has 12 heavy (non-hydrogen) atoms. The summed E-state index contributed by atoms with van der Waals surface area (Å²) in [4.78, 5) is 0. The summed E-state index contributed by atoms with van der Waals surface area (Å²) in [5.74, 6) is 0. The maximum absolute atomic E-state index is 8.87. The van der Waals surface area contributed by atoms with E-state index < -0.39 is 0 Å². The monoisotopic (exact) mass is 163 g/mol. The van der Waals surface area contributed by atoms with Crippen molar-refractivity contribution in [3.05, 3.63) is 12.2 Å². The molecule has 0 amide bonds. The minimum atomic E-state index is 0.182. The van der Waals surface area contributed by atoms with E-state index in [-0.39, 0.29) is 5.41 Å². The van der Waals surface area contributed by atoms with Crippen LogP contribution in [0.15, 0.2) is 17.3 Å². The number of nitrogens with zero attached hydrogens (tertiary/aromatic N) is 1. The van der Waals surface area contributed by atoms with E-state index in [0.29, 0.717) is 5.41 Å². The van der Waals surface area contributed by atoms with Crippen molar-refractivity contribution in [2.24, 2.45) is 16.0 Å². The van der Waals surface area contributed by atoms with E-state index in [1.165, 1.54) is 24.8 Å². The molecule has 0 radical (unpaired) electrons. The van der Waals surface area contributed by atoms with E-state index in [9.17, 15) is 0 Å². The van der Waals surface area contributed by atoms with Gasteiger partial charge in [0.2, 0.25) is 0 Å². The Morgan fingerprint density at radius 1 is 1.33 bits per heavy atom. The van der Waals surface area contributed by atoms with Gasteiger partial charge in [0.25, 0.3) is 0 Å². The van der Waals surface area contributed by atoms with Crippen LogP contribution in [0.1, 0.15) is 32.1 Å². The Balaban J connectivity index is 2.10. The summed E-state index contributed by atoms with van der Waals surface area (Å²) in [5.41, 5.74) is 3.02. The van der Waals surface area contributed by atoms with Gasteiger partial charge in [-0.3, -0.25) is 0 Å². The molecule has 64 valence electrons. The van der Waals surface area contributed by atoms with Crippen LogP contribution in [-0.4, -0.2) is 10.9 Å². The van der Waals surface area contributed by atoms with Crippen LogP contribution in [0, 0.1) is 10.8 Å². The highest BCUT2D eigenvalue weighted by Crippen LogP contribution is 2.78. The normalized spacial score (nSPS) is 44.7. The third-order valence-electron chi connectivity index (χ3n) is 4.17. The van der Waals surface area contributed by atoms with E-state index in [1.807, 2.05) is 0 Å². The molecule has 0 aliphatic heterocycles. The molecule has 0 heterocycles. The van der Waals surface area contributed by atoms with Crippen molar-refractivity contribution in [1.29, 1.82) is 0 Å². The molecule has 3 aliphatic carbocycles. The van der Waals surface area contributed by atoms with Gasteiger partial charge in [0.15, 0.2) is 0 Å². The molecule has 0 aromatic heterocycles. The van der Waals surface area contributed by atoms with Crippen LogP contribution < -0.4 is 0 Å². The quantitative estimate of drug-likeness (QED) is 0.332. The second kappa shape index (κ2) is 1.61. The summed E-state index contributed by atoms with van der Waals surface area (Å²) in [7, 11) is 0. The predicted molar refractivity (Wildman–Crippen MR) is 46.3 cm³/mol. The van der Waals surface area contributed by atoms with Crippen molar-refractivity contribution < 1.29 is 5.21 Å². The van der Waals surface area contributed by atoms with Crippen LogP contribution in [0.4, 0.5) is 0 Å². The van der Waals surface area contributed by atoms with Crippen LogP contribution in [0.5, 0.6) is 0 Å². The van der Waals surface area contributed by atoms with Crippen LogP contribution in [0.2, 0.25) is 0 Å². The Hall–Kier alpha value is -0.790. The van der Waals surface area contributed by atoms with Gasteiger partial charge < -0.3 is 5.21 Å². The zero-order valence-electron chi connectivity index (χ0n) is 7.14. The lowest BCUT2D eigenvalue weighted by molar-refractivity contribution is 0.311. The first-order chi connectivity index (χ1) is 5.75. The predicted octanol–water partition coefficient (Wildman–Crippen LogP) is 2.34. The average Bonchev–Trinajstić information content (AvgIpc) is 2.87. The molecule has 0 saturated heterocycles. The summed E-state index contributed by atoms with van der Waals surface area (Å²) in [5, 5.41) is 12.3. The lowest BCUT2D eigenvalue weighted by atomic mass is 9.88. The van der Waals surface area contributed by atoms with E-state index in [4.69, 9.17) is 5.21 Å². The van der Waals surface area contributed by atoms with Crippen molar-refractivity contribution in [2.75, 3.05) is 0 Å². The summed E-state index contributed by atoms with van der Waals surface area (Å²) < 4.78 is 0. The smallest absolute Gasteiger partial charge is 0.0681 e. The molecule has 1 unspecified atom stereocenters. The molecule has 0 aromatic rings. The Morgan fingerprint density at radius 3 is 2.42 bits per heavy atom. The molecule has 0 aromatic carbocycles. The van der Waals surface area contributed by atoms with Crippen molar-refractivity contribution in [3.8, 4) is 0 Å². The molecule has 2 heteroatoms. The highest BCUT2D eigenvalue weighted by Gasteiger charge is 2.73. The third-order valence-corrected chi connectivity index (χ3v) is 4.17. The van der Waals surface area contributed by atoms with E-state index >= 15 is 0 Å². The summed E-state index contributed by atoms with van der Waals surface area (Å²) in [6.07, 6.45) is 5.96. The van der Waals surface area contributed by atoms with Gasteiger partial charge in [-0.1, -0.05) is 17.3 Å². The molecule has 0 bridgehead atoms. The molecule has 3 saturated carbocycles. The highest BCUT2D eigenvalue weighted by atomic mass is 16.4. The molecule has 2 nitrogen and oxygen atoms in total. The fourth-order valence-corrected chi connectivity index (χ4v) is 3.20. The SMILES string of the molecule is C=C1CC12C(=NO)CCC21CC1. The van der Waals surface area contributed by atoms with Crippen molar-refractivity contribution in [1.82, 2.24) is 0 Å². The van der Waals surface area contributed by atoms with Gasteiger partial charge in [-0.25, -0.2) is 0 Å². The summed E-state index contributed by atoms with van der Waals surface area (Å²) in [6, 6.07) is 0. The lowest BCUT2D eigenvalue weighted by Gasteiger charge is -2.15. The zero-order valence-corrected chi connectivity index (χ0v) is 7.14. The van der Waals surface area contributed by atoms with Gasteiger partial charge in [0.1, 0.15) is 0 Å². The van der Waals surface area contributed by atoms with Crippen LogP contribution in [0.3, 0.4) is 0 Å². The number of oxime groups is 1. The van der Waals surface area contributed by atoms with Crippen LogP contribution >= 0.6 is 0 Å². The highest BCUT2D eigenvalue weighted by molar-refractivity contribution is 6.00. The van der Waals surface area contributed by atoms with Gasteiger partial charge in [-0.2, -0.15) is 0 Å². The molecule has 3 aliphatic rings. The number of fused-ring (bicyclic) bond motifs is 1. The molecule has 3 rings (SSSR count). The van der Waals surface area contributed by atoms with Gasteiger partial charge in [0, 0.05) is 5.41 Å². The fraction of sp³-hybridized carbons (Fsp3) is 0.700. The van der Waals surface area contributed by atoms with Crippen LogP contribution in [-0.2, 0) is 0 Å². The fourth-order valence-electron chi connectivity index (χ4n) is 3.20. The second-order valence-corrected chi connectivity index (χ2v) is 4.51. The molecule has 1 N–H and O–H groups in total. The van der Waals surface area contributed by atoms with Crippen molar-refractivity contribution in [2.45, 2.75) is 32.1 Å². The maximum atomic E-state index is 8.87. The average molecular weight is 163 g/mol. The Kier molecular flexibility index (Phi) is 0.897. The van der Waals surface area contributed by atoms with Crippen LogP contribution in [0.25, 0.3) is 0 Å². The van der Waals surface area contributed by atoms with E-state index in [1.54, 1.807) is 0 Å². The van der Waals surface area contributed by atoms with Gasteiger partial charge in [-0.15, -0.1) is 0 Å². The number of hydrogen-bond donors (Lipinski definition) is 1. The standard InChI is InChI=1S/C10H13NO/c1-7-6-10(7)8(11-12)2-3-9(10)4-5-9/h12H,1-6H2. The minimum absolute atomic E-state index is 0.182. The number of allylic oxidation sites excluding steroid dienone is 1. The van der Waals surface area contributed by atoms with Gasteiger partial charge >= 0.3 is 0 Å². The Morgan fingerprint density at radius 2 is 2.00 bits per heavy atom.